The smallest absolute Gasteiger partial charge is 0.165 e. The second-order valence-electron chi connectivity index (χ2n) is 4.37. The molecule has 0 aliphatic carbocycles. The molecular formula is C13H19FN2O. The van der Waals surface area contributed by atoms with E-state index in [9.17, 15) is 4.39 Å². The van der Waals surface area contributed by atoms with Crippen LogP contribution in [0.1, 0.15) is 19.3 Å². The fraction of sp³-hybridized carbons (Fsp3) is 0.538. The predicted molar refractivity (Wildman–Crippen MR) is 67.1 cm³/mol. The summed E-state index contributed by atoms with van der Waals surface area (Å²) in [4.78, 5) is 0. The van der Waals surface area contributed by atoms with Gasteiger partial charge in [-0.2, -0.15) is 0 Å². The summed E-state index contributed by atoms with van der Waals surface area (Å²) in [6.07, 6.45) is 3.42. The summed E-state index contributed by atoms with van der Waals surface area (Å²) in [5, 5.41) is 6.81. The third kappa shape index (κ3) is 3.33. The maximum Gasteiger partial charge on any atom is 0.165 e. The molecule has 1 atom stereocenters. The minimum Gasteiger partial charge on any atom is -0.494 e. The highest BCUT2D eigenvalue weighted by Crippen LogP contribution is 2.23. The van der Waals surface area contributed by atoms with Crippen molar-refractivity contribution in [3.8, 4) is 5.75 Å². The summed E-state index contributed by atoms with van der Waals surface area (Å²) in [7, 11) is 1.48. The largest absolute Gasteiger partial charge is 0.494 e. The minimum atomic E-state index is -0.319. The Morgan fingerprint density at radius 3 is 3.06 bits per heavy atom. The molecule has 94 valence electrons. The molecule has 1 fully saturated rings. The number of hydrogen-bond donors (Lipinski definition) is 2. The fourth-order valence-corrected chi connectivity index (χ4v) is 2.15. The third-order valence-corrected chi connectivity index (χ3v) is 3.10. The molecule has 0 aromatic heterocycles. The van der Waals surface area contributed by atoms with Gasteiger partial charge < -0.3 is 15.4 Å². The topological polar surface area (TPSA) is 33.3 Å². The van der Waals surface area contributed by atoms with E-state index in [1.807, 2.05) is 0 Å². The first-order valence-electron chi connectivity index (χ1n) is 6.10. The van der Waals surface area contributed by atoms with Crippen LogP contribution in [0.2, 0.25) is 0 Å². The first-order valence-corrected chi connectivity index (χ1v) is 6.10. The quantitative estimate of drug-likeness (QED) is 0.848. The van der Waals surface area contributed by atoms with E-state index in [4.69, 9.17) is 4.74 Å². The Balaban J connectivity index is 2.01. The Morgan fingerprint density at radius 1 is 1.35 bits per heavy atom. The maximum absolute atomic E-state index is 13.3. The van der Waals surface area contributed by atoms with Crippen LogP contribution in [0.5, 0.6) is 5.75 Å². The van der Waals surface area contributed by atoms with Gasteiger partial charge in [0.1, 0.15) is 0 Å². The molecule has 17 heavy (non-hydrogen) atoms. The number of benzene rings is 1. The summed E-state index contributed by atoms with van der Waals surface area (Å²) in [6, 6.07) is 5.38. The molecule has 0 saturated carbocycles. The van der Waals surface area contributed by atoms with Crippen molar-refractivity contribution in [3.63, 3.8) is 0 Å². The Morgan fingerprint density at radius 2 is 2.24 bits per heavy atom. The van der Waals surface area contributed by atoms with Crippen LogP contribution in [-0.4, -0.2) is 26.2 Å². The van der Waals surface area contributed by atoms with E-state index in [1.165, 1.54) is 19.6 Å². The number of nitrogens with one attached hydrogen (secondary N) is 2. The van der Waals surface area contributed by atoms with E-state index in [0.717, 1.165) is 31.6 Å². The highest BCUT2D eigenvalue weighted by Gasteiger charge is 2.12. The van der Waals surface area contributed by atoms with Gasteiger partial charge in [0.05, 0.1) is 7.11 Å². The van der Waals surface area contributed by atoms with Crippen LogP contribution in [-0.2, 0) is 0 Å². The Labute approximate surface area is 101 Å². The summed E-state index contributed by atoms with van der Waals surface area (Å²) in [6.45, 7) is 2.13. The molecule has 2 rings (SSSR count). The summed E-state index contributed by atoms with van der Waals surface area (Å²) in [5.74, 6) is -0.0256. The number of hydrogen-bond acceptors (Lipinski definition) is 3. The zero-order valence-electron chi connectivity index (χ0n) is 10.1. The molecule has 2 N–H and O–H groups in total. The van der Waals surface area contributed by atoms with Gasteiger partial charge in [0.25, 0.3) is 0 Å². The number of ether oxygens (including phenoxy) is 1. The summed E-state index contributed by atoms with van der Waals surface area (Å²) >= 11 is 0. The van der Waals surface area contributed by atoms with Crippen LogP contribution in [0.4, 0.5) is 10.1 Å². The molecule has 0 amide bonds. The van der Waals surface area contributed by atoms with Gasteiger partial charge in [0.15, 0.2) is 11.6 Å². The van der Waals surface area contributed by atoms with Gasteiger partial charge in [-0.05, 0) is 44.5 Å². The van der Waals surface area contributed by atoms with Crippen molar-refractivity contribution in [2.75, 3.05) is 25.5 Å². The molecule has 1 heterocycles. The summed E-state index contributed by atoms with van der Waals surface area (Å²) in [5.41, 5.74) is 0.926. The van der Waals surface area contributed by atoms with Crippen molar-refractivity contribution in [2.45, 2.75) is 25.3 Å². The Hall–Kier alpha value is -1.29. The van der Waals surface area contributed by atoms with E-state index in [-0.39, 0.29) is 5.82 Å². The van der Waals surface area contributed by atoms with Gasteiger partial charge >= 0.3 is 0 Å². The molecule has 1 aliphatic heterocycles. The molecule has 1 aromatic rings. The molecule has 1 saturated heterocycles. The lowest BCUT2D eigenvalue weighted by Crippen LogP contribution is -2.21. The third-order valence-electron chi connectivity index (χ3n) is 3.10. The molecular weight excluding hydrogens is 219 g/mol. The first-order chi connectivity index (χ1) is 8.29. The van der Waals surface area contributed by atoms with E-state index in [2.05, 4.69) is 10.6 Å². The number of halogens is 1. The molecule has 1 unspecified atom stereocenters. The van der Waals surface area contributed by atoms with Gasteiger partial charge in [0.2, 0.25) is 0 Å². The van der Waals surface area contributed by atoms with Gasteiger partial charge in [-0.15, -0.1) is 0 Å². The van der Waals surface area contributed by atoms with E-state index in [0.29, 0.717) is 11.8 Å². The normalized spacial score (nSPS) is 20.7. The monoisotopic (exact) mass is 238 g/mol. The van der Waals surface area contributed by atoms with Gasteiger partial charge in [-0.25, -0.2) is 4.39 Å². The molecule has 3 nitrogen and oxygen atoms in total. The summed E-state index contributed by atoms with van der Waals surface area (Å²) < 4.78 is 18.2. The van der Waals surface area contributed by atoms with E-state index in [1.54, 1.807) is 12.1 Å². The van der Waals surface area contributed by atoms with Crippen molar-refractivity contribution in [1.29, 1.82) is 0 Å². The molecule has 0 radical (unpaired) electrons. The number of rotatable bonds is 3. The number of anilines is 1. The predicted octanol–water partition coefficient (Wildman–Crippen LogP) is 2.39. The van der Waals surface area contributed by atoms with Crippen molar-refractivity contribution in [1.82, 2.24) is 5.32 Å². The SMILES string of the molecule is COc1cc(NC2CCCNCC2)ccc1F. The number of methoxy groups -OCH3 is 1. The van der Waals surface area contributed by atoms with Crippen LogP contribution in [0, 0.1) is 5.82 Å². The minimum absolute atomic E-state index is 0.293. The molecule has 4 heteroatoms. The molecule has 1 aromatic carbocycles. The van der Waals surface area contributed by atoms with Crippen LogP contribution in [0.3, 0.4) is 0 Å². The Kier molecular flexibility index (Phi) is 4.20. The Bertz CT molecular complexity index is 362. The van der Waals surface area contributed by atoms with Crippen molar-refractivity contribution >= 4 is 5.69 Å². The standard InChI is InChI=1S/C13H19FN2O/c1-17-13-9-11(4-5-12(13)14)16-10-3-2-7-15-8-6-10/h4-5,9-10,15-16H,2-3,6-8H2,1H3. The van der Waals surface area contributed by atoms with Crippen LogP contribution in [0.25, 0.3) is 0 Å². The highest BCUT2D eigenvalue weighted by molar-refractivity contribution is 5.49. The first kappa shape index (κ1) is 12.2. The molecule has 0 bridgehead atoms. The lowest BCUT2D eigenvalue weighted by atomic mass is 10.1. The van der Waals surface area contributed by atoms with Crippen LogP contribution in [0.15, 0.2) is 18.2 Å². The second kappa shape index (κ2) is 5.87. The van der Waals surface area contributed by atoms with Crippen molar-refractivity contribution < 1.29 is 9.13 Å². The van der Waals surface area contributed by atoms with Crippen molar-refractivity contribution in [2.24, 2.45) is 0 Å². The average molecular weight is 238 g/mol. The molecule has 1 aliphatic rings. The maximum atomic E-state index is 13.3. The lowest BCUT2D eigenvalue weighted by Gasteiger charge is -2.17. The average Bonchev–Trinajstić information content (AvgIpc) is 2.60. The molecule has 0 spiro atoms. The zero-order valence-corrected chi connectivity index (χ0v) is 10.1. The van der Waals surface area contributed by atoms with Gasteiger partial charge in [-0.1, -0.05) is 0 Å². The van der Waals surface area contributed by atoms with Crippen LogP contribution < -0.4 is 15.4 Å². The lowest BCUT2D eigenvalue weighted by molar-refractivity contribution is 0.386. The second-order valence-corrected chi connectivity index (χ2v) is 4.37. The highest BCUT2D eigenvalue weighted by atomic mass is 19.1. The van der Waals surface area contributed by atoms with E-state index >= 15 is 0 Å². The zero-order chi connectivity index (χ0) is 12.1. The van der Waals surface area contributed by atoms with Gasteiger partial charge in [0, 0.05) is 17.8 Å². The van der Waals surface area contributed by atoms with Crippen LogP contribution >= 0.6 is 0 Å². The van der Waals surface area contributed by atoms with E-state index < -0.39 is 0 Å². The fourth-order valence-electron chi connectivity index (χ4n) is 2.15. The van der Waals surface area contributed by atoms with Gasteiger partial charge in [-0.3, -0.25) is 0 Å². The van der Waals surface area contributed by atoms with Crippen molar-refractivity contribution in [3.05, 3.63) is 24.0 Å².